The Morgan fingerprint density at radius 1 is 1.03 bits per heavy atom. The molecular formula is C22H19F2N3O4. The molecule has 1 heterocycles. The molecule has 0 saturated carbocycles. The number of hydrogen-bond acceptors (Lipinski definition) is 6. The van der Waals surface area contributed by atoms with Crippen molar-refractivity contribution >= 4 is 17.7 Å². The summed E-state index contributed by atoms with van der Waals surface area (Å²) in [6.45, 7) is 2.27. The van der Waals surface area contributed by atoms with Crippen LogP contribution in [-0.4, -0.2) is 42.2 Å². The molecule has 0 fully saturated rings. The van der Waals surface area contributed by atoms with Crippen molar-refractivity contribution in [3.8, 4) is 11.3 Å². The third-order valence-corrected chi connectivity index (χ3v) is 4.35. The molecular weight excluding hydrogens is 408 g/mol. The molecule has 0 saturated heterocycles. The zero-order valence-electron chi connectivity index (χ0n) is 16.8. The van der Waals surface area contributed by atoms with Gasteiger partial charge in [0.1, 0.15) is 23.8 Å². The van der Waals surface area contributed by atoms with Gasteiger partial charge in [-0.15, -0.1) is 0 Å². The van der Waals surface area contributed by atoms with E-state index in [1.165, 1.54) is 25.6 Å². The van der Waals surface area contributed by atoms with E-state index in [9.17, 15) is 18.4 Å². The van der Waals surface area contributed by atoms with Crippen molar-refractivity contribution in [2.24, 2.45) is 0 Å². The predicted molar refractivity (Wildman–Crippen MR) is 109 cm³/mol. The Hall–Kier alpha value is -3.72. The van der Waals surface area contributed by atoms with Gasteiger partial charge in [-0.05, 0) is 36.8 Å². The van der Waals surface area contributed by atoms with Gasteiger partial charge in [0, 0.05) is 12.7 Å². The number of nitrogens with zero attached hydrogens (tertiary/aromatic N) is 2. The minimum absolute atomic E-state index is 0.0178. The van der Waals surface area contributed by atoms with Gasteiger partial charge >= 0.3 is 5.97 Å². The zero-order valence-corrected chi connectivity index (χ0v) is 16.8. The normalized spacial score (nSPS) is 10.6. The second-order valence-electron chi connectivity index (χ2n) is 6.50. The van der Waals surface area contributed by atoms with Crippen molar-refractivity contribution in [2.75, 3.05) is 25.6 Å². The lowest BCUT2D eigenvalue weighted by molar-refractivity contribution is 0.0388. The zero-order chi connectivity index (χ0) is 22.4. The van der Waals surface area contributed by atoms with E-state index in [2.05, 4.69) is 15.3 Å². The largest absolute Gasteiger partial charge is 0.460 e. The summed E-state index contributed by atoms with van der Waals surface area (Å²) in [6, 6.07) is 8.16. The molecule has 0 atom stereocenters. The topological polar surface area (TPSA) is 90.4 Å². The van der Waals surface area contributed by atoms with Crippen molar-refractivity contribution in [1.82, 2.24) is 9.97 Å². The number of aromatic nitrogens is 2. The number of aryl methyl sites for hydroxylation is 1. The summed E-state index contributed by atoms with van der Waals surface area (Å²) in [5, 5.41) is 2.31. The lowest BCUT2D eigenvalue weighted by Gasteiger charge is -2.10. The average molecular weight is 427 g/mol. The second-order valence-corrected chi connectivity index (χ2v) is 6.50. The summed E-state index contributed by atoms with van der Waals surface area (Å²) in [4.78, 5) is 32.7. The van der Waals surface area contributed by atoms with E-state index < -0.39 is 29.1 Å². The first-order valence-electron chi connectivity index (χ1n) is 9.25. The van der Waals surface area contributed by atoms with Crippen LogP contribution < -0.4 is 5.32 Å². The number of benzene rings is 2. The van der Waals surface area contributed by atoms with Gasteiger partial charge < -0.3 is 14.8 Å². The summed E-state index contributed by atoms with van der Waals surface area (Å²) < 4.78 is 37.5. The van der Waals surface area contributed by atoms with Crippen LogP contribution in [-0.2, 0) is 9.47 Å². The van der Waals surface area contributed by atoms with Crippen molar-refractivity contribution in [1.29, 1.82) is 0 Å². The molecule has 1 amide bonds. The molecule has 3 aromatic rings. The van der Waals surface area contributed by atoms with Crippen LogP contribution in [0.25, 0.3) is 11.3 Å². The molecule has 160 valence electrons. The van der Waals surface area contributed by atoms with E-state index in [0.717, 1.165) is 17.7 Å². The SMILES string of the molecule is COCCOC(=O)c1ccc(C)c(-c2cnc(NC(=O)c3c(F)cccc3F)cn2)c1. The molecule has 0 spiro atoms. The molecule has 31 heavy (non-hydrogen) atoms. The monoisotopic (exact) mass is 427 g/mol. The Morgan fingerprint density at radius 2 is 1.77 bits per heavy atom. The van der Waals surface area contributed by atoms with Crippen LogP contribution in [0.1, 0.15) is 26.3 Å². The molecule has 1 aromatic heterocycles. The van der Waals surface area contributed by atoms with Crippen LogP contribution in [0.3, 0.4) is 0 Å². The highest BCUT2D eigenvalue weighted by Crippen LogP contribution is 2.23. The second kappa shape index (κ2) is 9.86. The Kier molecular flexibility index (Phi) is 6.99. The fourth-order valence-corrected chi connectivity index (χ4v) is 2.75. The lowest BCUT2D eigenvalue weighted by atomic mass is 10.0. The van der Waals surface area contributed by atoms with Gasteiger partial charge in [0.05, 0.1) is 30.3 Å². The van der Waals surface area contributed by atoms with Crippen molar-refractivity contribution in [3.05, 3.63) is 77.1 Å². The molecule has 0 aliphatic carbocycles. The Bertz CT molecular complexity index is 1080. The summed E-state index contributed by atoms with van der Waals surface area (Å²) in [6.07, 6.45) is 2.64. The molecule has 2 aromatic carbocycles. The molecule has 1 N–H and O–H groups in total. The van der Waals surface area contributed by atoms with Gasteiger partial charge in [-0.1, -0.05) is 12.1 Å². The highest BCUT2D eigenvalue weighted by molar-refractivity contribution is 6.04. The first-order valence-corrected chi connectivity index (χ1v) is 9.25. The van der Waals surface area contributed by atoms with Gasteiger partial charge in [-0.2, -0.15) is 0 Å². The standard InChI is InChI=1S/C22H19F2N3O4/c1-13-6-7-14(22(29)31-9-8-30-2)10-15(13)18-11-26-19(12-25-18)27-21(28)20-16(23)4-3-5-17(20)24/h3-7,10-12H,8-9H2,1-2H3,(H,26,27,28). The first kappa shape index (κ1) is 22.0. The third kappa shape index (κ3) is 5.26. The number of methoxy groups -OCH3 is 1. The van der Waals surface area contributed by atoms with E-state index in [1.54, 1.807) is 18.2 Å². The number of hydrogen-bond donors (Lipinski definition) is 1. The van der Waals surface area contributed by atoms with E-state index in [4.69, 9.17) is 9.47 Å². The lowest BCUT2D eigenvalue weighted by Crippen LogP contribution is -2.16. The fraction of sp³-hybridized carbons (Fsp3) is 0.182. The summed E-state index contributed by atoms with van der Waals surface area (Å²) >= 11 is 0. The van der Waals surface area contributed by atoms with E-state index in [-0.39, 0.29) is 12.4 Å². The number of ether oxygens (including phenoxy) is 2. The number of esters is 1. The van der Waals surface area contributed by atoms with Crippen molar-refractivity contribution < 1.29 is 27.8 Å². The van der Waals surface area contributed by atoms with Gasteiger partial charge in [-0.25, -0.2) is 18.6 Å². The molecule has 0 unspecified atom stereocenters. The number of carbonyl (C=O) groups excluding carboxylic acids is 2. The van der Waals surface area contributed by atoms with Gasteiger partial charge in [-0.3, -0.25) is 9.78 Å². The van der Waals surface area contributed by atoms with Crippen molar-refractivity contribution in [2.45, 2.75) is 6.92 Å². The predicted octanol–water partition coefficient (Wildman–Crippen LogP) is 3.79. The molecule has 3 rings (SSSR count). The summed E-state index contributed by atoms with van der Waals surface area (Å²) in [5.74, 6) is -3.42. The van der Waals surface area contributed by atoms with Crippen molar-refractivity contribution in [3.63, 3.8) is 0 Å². The van der Waals surface area contributed by atoms with Gasteiger partial charge in [0.2, 0.25) is 0 Å². The smallest absolute Gasteiger partial charge is 0.338 e. The third-order valence-electron chi connectivity index (χ3n) is 4.35. The summed E-state index contributed by atoms with van der Waals surface area (Å²) in [5.41, 5.74) is 1.56. The fourth-order valence-electron chi connectivity index (χ4n) is 2.75. The maximum Gasteiger partial charge on any atom is 0.338 e. The Morgan fingerprint density at radius 3 is 2.42 bits per heavy atom. The Labute approximate surface area is 177 Å². The molecule has 9 heteroatoms. The maximum atomic E-state index is 13.8. The number of carbonyl (C=O) groups is 2. The van der Waals surface area contributed by atoms with Crippen LogP contribution >= 0.6 is 0 Å². The molecule has 0 bridgehead atoms. The summed E-state index contributed by atoms with van der Waals surface area (Å²) in [7, 11) is 1.51. The van der Waals surface area contributed by atoms with Crippen LogP contribution in [0.5, 0.6) is 0 Å². The molecule has 0 aliphatic rings. The maximum absolute atomic E-state index is 13.8. The number of nitrogens with one attached hydrogen (secondary N) is 1. The van der Waals surface area contributed by atoms with Gasteiger partial charge in [0.25, 0.3) is 5.91 Å². The number of halogens is 2. The Balaban J connectivity index is 1.77. The van der Waals surface area contributed by atoms with Crippen LogP contribution in [0.15, 0.2) is 48.8 Å². The van der Waals surface area contributed by atoms with Crippen LogP contribution in [0, 0.1) is 18.6 Å². The van der Waals surface area contributed by atoms with E-state index in [1.807, 2.05) is 6.92 Å². The van der Waals surface area contributed by atoms with Gasteiger partial charge in [0.15, 0.2) is 5.82 Å². The average Bonchev–Trinajstić information content (AvgIpc) is 2.75. The number of anilines is 1. The number of amides is 1. The minimum Gasteiger partial charge on any atom is -0.460 e. The van der Waals surface area contributed by atoms with Crippen LogP contribution in [0.4, 0.5) is 14.6 Å². The molecule has 0 radical (unpaired) electrons. The number of rotatable bonds is 7. The quantitative estimate of drug-likeness (QED) is 0.456. The highest BCUT2D eigenvalue weighted by atomic mass is 19.1. The molecule has 7 nitrogen and oxygen atoms in total. The van der Waals surface area contributed by atoms with E-state index >= 15 is 0 Å². The minimum atomic E-state index is -0.980. The first-order chi connectivity index (χ1) is 14.9. The van der Waals surface area contributed by atoms with E-state index in [0.29, 0.717) is 23.4 Å². The van der Waals surface area contributed by atoms with Crippen LogP contribution in [0.2, 0.25) is 0 Å². The molecule has 0 aliphatic heterocycles. The highest BCUT2D eigenvalue weighted by Gasteiger charge is 2.18.